The van der Waals surface area contributed by atoms with Crippen molar-refractivity contribution in [1.82, 2.24) is 9.97 Å². The Bertz CT molecular complexity index is 1620. The van der Waals surface area contributed by atoms with E-state index in [2.05, 4.69) is 47.0 Å². The summed E-state index contributed by atoms with van der Waals surface area (Å²) in [6.45, 7) is 0. The minimum Gasteiger partial charge on any atom is -0.332 e. The molecule has 2 heterocycles. The molecule has 0 spiro atoms. The molecule has 4 nitrogen and oxygen atoms in total. The Balaban J connectivity index is 1.31. The van der Waals surface area contributed by atoms with E-state index >= 15 is 0 Å². The minimum absolute atomic E-state index is 0.547. The summed E-state index contributed by atoms with van der Waals surface area (Å²) in [5.74, 6) is 0. The van der Waals surface area contributed by atoms with E-state index in [1.54, 1.807) is 11.3 Å². The van der Waals surface area contributed by atoms with E-state index in [1.807, 2.05) is 48.5 Å². The predicted octanol–water partition coefficient (Wildman–Crippen LogP) is 6.96. The Hall–Kier alpha value is -3.61. The van der Waals surface area contributed by atoms with Gasteiger partial charge in [-0.1, -0.05) is 42.5 Å². The molecular formula is C25H16N4S2. The Morgan fingerprint density at radius 3 is 2.23 bits per heavy atom. The minimum atomic E-state index is 0.547. The van der Waals surface area contributed by atoms with Crippen molar-refractivity contribution in [1.29, 1.82) is 0 Å². The van der Waals surface area contributed by atoms with Crippen LogP contribution in [0.25, 0.3) is 42.2 Å². The average Bonchev–Trinajstić information content (AvgIpc) is 3.14. The third-order valence-electron chi connectivity index (χ3n) is 5.25. The molecule has 2 aromatic heterocycles. The van der Waals surface area contributed by atoms with Gasteiger partial charge in [-0.2, -0.15) is 0 Å². The smallest absolute Gasteiger partial charge is 0.175 e. The predicted molar refractivity (Wildman–Crippen MR) is 136 cm³/mol. The lowest BCUT2D eigenvalue weighted by Gasteiger charge is -2.11. The number of thiophene rings is 1. The van der Waals surface area contributed by atoms with Gasteiger partial charge in [-0.15, -0.1) is 11.3 Å². The van der Waals surface area contributed by atoms with Crippen LogP contribution in [0.5, 0.6) is 0 Å². The van der Waals surface area contributed by atoms with Crippen LogP contribution < -0.4 is 10.6 Å². The lowest BCUT2D eigenvalue weighted by Crippen LogP contribution is -2.18. The van der Waals surface area contributed by atoms with Crippen molar-refractivity contribution in [3.8, 4) is 0 Å². The molecular weight excluding hydrogens is 420 g/mol. The molecule has 6 aromatic rings. The standard InChI is InChI=1S/C25H16N4S2/c30-25(26-17-10-9-15-5-1-2-6-16(15)13-17)27-18-11-12-22-19(14-18)23-24(31-22)29-21-8-4-3-7-20(21)28-23/h1-14H,(H2,26,27,30). The van der Waals surface area contributed by atoms with Crippen LogP contribution in [0.3, 0.4) is 0 Å². The zero-order valence-electron chi connectivity index (χ0n) is 16.3. The molecule has 0 unspecified atom stereocenters. The van der Waals surface area contributed by atoms with Crippen molar-refractivity contribution in [3.05, 3.63) is 84.9 Å². The second-order valence-electron chi connectivity index (χ2n) is 7.32. The first-order chi connectivity index (χ1) is 15.2. The van der Waals surface area contributed by atoms with E-state index in [4.69, 9.17) is 22.2 Å². The molecule has 6 heteroatoms. The van der Waals surface area contributed by atoms with Gasteiger partial charge in [-0.3, -0.25) is 0 Å². The normalized spacial score (nSPS) is 11.4. The van der Waals surface area contributed by atoms with Gasteiger partial charge < -0.3 is 10.6 Å². The van der Waals surface area contributed by atoms with Crippen LogP contribution >= 0.6 is 23.6 Å². The second-order valence-corrected chi connectivity index (χ2v) is 8.76. The SMILES string of the molecule is S=C(Nc1ccc2ccccc2c1)Nc1ccc2sc3nc4ccccc4nc3c2c1. The fraction of sp³-hybridized carbons (Fsp3) is 0. The molecule has 0 saturated carbocycles. The summed E-state index contributed by atoms with van der Waals surface area (Å²) in [5, 5.41) is 10.6. The lowest BCUT2D eigenvalue weighted by molar-refractivity contribution is 1.43. The van der Waals surface area contributed by atoms with Crippen molar-refractivity contribution in [2.45, 2.75) is 0 Å². The molecule has 0 radical (unpaired) electrons. The Kier molecular flexibility index (Phi) is 4.26. The highest BCUT2D eigenvalue weighted by Crippen LogP contribution is 2.34. The lowest BCUT2D eigenvalue weighted by atomic mass is 10.1. The van der Waals surface area contributed by atoms with Gasteiger partial charge >= 0.3 is 0 Å². The van der Waals surface area contributed by atoms with Crippen LogP contribution in [0.15, 0.2) is 84.9 Å². The van der Waals surface area contributed by atoms with Crippen LogP contribution in [0.4, 0.5) is 11.4 Å². The van der Waals surface area contributed by atoms with Gasteiger partial charge in [-0.05, 0) is 65.5 Å². The van der Waals surface area contributed by atoms with Crippen molar-refractivity contribution in [3.63, 3.8) is 0 Å². The number of nitrogens with one attached hydrogen (secondary N) is 2. The third-order valence-corrected chi connectivity index (χ3v) is 6.50. The maximum Gasteiger partial charge on any atom is 0.175 e. The fourth-order valence-corrected chi connectivity index (χ4v) is 5.02. The highest BCUT2D eigenvalue weighted by atomic mass is 32.1. The summed E-state index contributed by atoms with van der Waals surface area (Å²) >= 11 is 7.21. The van der Waals surface area contributed by atoms with Gasteiger partial charge in [0.15, 0.2) is 5.11 Å². The first-order valence-electron chi connectivity index (χ1n) is 9.89. The summed E-state index contributed by atoms with van der Waals surface area (Å²) in [7, 11) is 0. The summed E-state index contributed by atoms with van der Waals surface area (Å²) in [6, 6.07) is 28.7. The molecule has 0 aliphatic carbocycles. The first kappa shape index (κ1) is 18.2. The Labute approximate surface area is 187 Å². The number of fused-ring (bicyclic) bond motifs is 5. The number of rotatable bonds is 2. The zero-order valence-corrected chi connectivity index (χ0v) is 17.9. The van der Waals surface area contributed by atoms with E-state index in [9.17, 15) is 0 Å². The number of hydrogen-bond donors (Lipinski definition) is 2. The summed E-state index contributed by atoms with van der Waals surface area (Å²) in [6.07, 6.45) is 0. The monoisotopic (exact) mass is 436 g/mol. The van der Waals surface area contributed by atoms with E-state index in [-0.39, 0.29) is 0 Å². The second kappa shape index (κ2) is 7.27. The Morgan fingerprint density at radius 1 is 0.710 bits per heavy atom. The molecule has 4 aromatic carbocycles. The molecule has 0 fully saturated rings. The number of anilines is 2. The molecule has 31 heavy (non-hydrogen) atoms. The van der Waals surface area contributed by atoms with E-state index in [0.29, 0.717) is 5.11 Å². The number of thiocarbonyl (C=S) groups is 1. The van der Waals surface area contributed by atoms with Crippen molar-refractivity contribution < 1.29 is 0 Å². The van der Waals surface area contributed by atoms with Gasteiger partial charge in [-0.25, -0.2) is 9.97 Å². The molecule has 0 aliphatic rings. The van der Waals surface area contributed by atoms with Gasteiger partial charge in [0.25, 0.3) is 0 Å². The highest BCUT2D eigenvalue weighted by molar-refractivity contribution is 7.80. The molecule has 0 amide bonds. The quantitative estimate of drug-likeness (QED) is 0.287. The number of para-hydroxylation sites is 2. The molecule has 0 bridgehead atoms. The molecule has 6 rings (SSSR count). The highest BCUT2D eigenvalue weighted by Gasteiger charge is 2.11. The van der Waals surface area contributed by atoms with Crippen LogP contribution in [-0.4, -0.2) is 15.1 Å². The third kappa shape index (κ3) is 3.36. The summed E-state index contributed by atoms with van der Waals surface area (Å²) in [4.78, 5) is 10.6. The van der Waals surface area contributed by atoms with Crippen LogP contribution in [0.2, 0.25) is 0 Å². The molecule has 0 aliphatic heterocycles. The summed E-state index contributed by atoms with van der Waals surface area (Å²) in [5.41, 5.74) is 4.62. The topological polar surface area (TPSA) is 49.8 Å². The molecule has 0 saturated heterocycles. The average molecular weight is 437 g/mol. The molecule has 2 N–H and O–H groups in total. The van der Waals surface area contributed by atoms with E-state index in [0.717, 1.165) is 42.8 Å². The van der Waals surface area contributed by atoms with Gasteiger partial charge in [0.1, 0.15) is 10.3 Å². The maximum atomic E-state index is 5.55. The maximum absolute atomic E-state index is 5.55. The zero-order chi connectivity index (χ0) is 20.8. The van der Waals surface area contributed by atoms with E-state index < -0.39 is 0 Å². The fourth-order valence-electron chi connectivity index (χ4n) is 3.78. The van der Waals surface area contributed by atoms with Crippen molar-refractivity contribution in [2.75, 3.05) is 10.6 Å². The van der Waals surface area contributed by atoms with Crippen LogP contribution in [0.1, 0.15) is 0 Å². The van der Waals surface area contributed by atoms with Crippen molar-refractivity contribution >= 4 is 82.3 Å². The van der Waals surface area contributed by atoms with Gasteiger partial charge in [0.05, 0.1) is 11.0 Å². The number of nitrogens with zero attached hydrogens (tertiary/aromatic N) is 2. The number of hydrogen-bond acceptors (Lipinski definition) is 4. The molecule has 0 atom stereocenters. The van der Waals surface area contributed by atoms with Crippen LogP contribution in [0, 0.1) is 0 Å². The number of aromatic nitrogens is 2. The Morgan fingerprint density at radius 2 is 1.39 bits per heavy atom. The largest absolute Gasteiger partial charge is 0.332 e. The van der Waals surface area contributed by atoms with Gasteiger partial charge in [0.2, 0.25) is 0 Å². The van der Waals surface area contributed by atoms with Crippen molar-refractivity contribution in [2.24, 2.45) is 0 Å². The molecule has 148 valence electrons. The first-order valence-corrected chi connectivity index (χ1v) is 11.1. The number of benzene rings is 4. The van der Waals surface area contributed by atoms with E-state index in [1.165, 1.54) is 10.8 Å². The van der Waals surface area contributed by atoms with Crippen LogP contribution in [-0.2, 0) is 0 Å². The summed E-state index contributed by atoms with van der Waals surface area (Å²) < 4.78 is 1.16. The van der Waals surface area contributed by atoms with Gasteiger partial charge in [0, 0.05) is 21.5 Å².